The van der Waals surface area contributed by atoms with E-state index in [1.165, 1.54) is 19.1 Å². The minimum absolute atomic E-state index is 0.335. The molecule has 7 heteroatoms. The molecule has 0 unspecified atom stereocenters. The second-order valence-electron chi connectivity index (χ2n) is 5.37. The van der Waals surface area contributed by atoms with Gasteiger partial charge in [-0.1, -0.05) is 12.1 Å². The van der Waals surface area contributed by atoms with Gasteiger partial charge in [0.15, 0.2) is 9.84 Å². The lowest BCUT2D eigenvalue weighted by atomic mass is 10.1. The van der Waals surface area contributed by atoms with Gasteiger partial charge in [0, 0.05) is 25.8 Å². The third-order valence-corrected chi connectivity index (χ3v) is 4.76. The summed E-state index contributed by atoms with van der Waals surface area (Å²) in [4.78, 5) is 7.01. The molecule has 0 spiro atoms. The number of hydrogen-bond acceptors (Lipinski definition) is 5. The van der Waals surface area contributed by atoms with E-state index in [1.54, 1.807) is 12.1 Å². The summed E-state index contributed by atoms with van der Waals surface area (Å²) in [5.41, 5.74) is 1.01. The Labute approximate surface area is 124 Å². The molecule has 0 radical (unpaired) electrons. The zero-order valence-corrected chi connectivity index (χ0v) is 12.7. The van der Waals surface area contributed by atoms with Crippen molar-refractivity contribution < 1.29 is 8.42 Å². The molecule has 1 saturated heterocycles. The molecule has 1 aliphatic heterocycles. The predicted octanol–water partition coefficient (Wildman–Crippen LogP) is 1.40. The van der Waals surface area contributed by atoms with E-state index in [0.717, 1.165) is 30.4 Å². The van der Waals surface area contributed by atoms with E-state index in [4.69, 9.17) is 0 Å². The lowest BCUT2D eigenvalue weighted by Crippen LogP contribution is -2.18. The first-order valence-corrected chi connectivity index (χ1v) is 8.87. The van der Waals surface area contributed by atoms with Crippen molar-refractivity contribution in [1.82, 2.24) is 15.2 Å². The number of anilines is 1. The van der Waals surface area contributed by atoms with Crippen LogP contribution in [0.2, 0.25) is 0 Å². The molecule has 1 aromatic heterocycles. The molecule has 1 fully saturated rings. The van der Waals surface area contributed by atoms with Crippen LogP contribution < -0.4 is 4.90 Å². The Bertz CT molecular complexity index is 716. The van der Waals surface area contributed by atoms with Crippen molar-refractivity contribution in [1.29, 1.82) is 0 Å². The second kappa shape index (κ2) is 5.48. The van der Waals surface area contributed by atoms with Gasteiger partial charge < -0.3 is 4.90 Å². The van der Waals surface area contributed by atoms with Gasteiger partial charge in [-0.05, 0) is 30.5 Å². The van der Waals surface area contributed by atoms with E-state index in [-0.39, 0.29) is 0 Å². The van der Waals surface area contributed by atoms with Crippen molar-refractivity contribution in [2.75, 3.05) is 24.2 Å². The second-order valence-corrected chi connectivity index (χ2v) is 7.38. The van der Waals surface area contributed by atoms with Gasteiger partial charge in [-0.25, -0.2) is 8.42 Å². The Hall–Kier alpha value is -1.89. The van der Waals surface area contributed by atoms with Crippen LogP contribution in [0.4, 0.5) is 5.95 Å². The first kappa shape index (κ1) is 14.1. The largest absolute Gasteiger partial charge is 0.340 e. The predicted molar refractivity (Wildman–Crippen MR) is 80.2 cm³/mol. The smallest absolute Gasteiger partial charge is 0.244 e. The highest BCUT2D eigenvalue weighted by molar-refractivity contribution is 7.90. The molecule has 21 heavy (non-hydrogen) atoms. The third-order valence-electron chi connectivity index (χ3n) is 3.63. The average Bonchev–Trinajstić information content (AvgIpc) is 3.08. The summed E-state index contributed by atoms with van der Waals surface area (Å²) in [6.07, 6.45) is 4.21. The van der Waals surface area contributed by atoms with Crippen LogP contribution in [0.1, 0.15) is 24.2 Å². The highest BCUT2D eigenvalue weighted by atomic mass is 32.2. The van der Waals surface area contributed by atoms with Crippen molar-refractivity contribution in [2.24, 2.45) is 0 Å². The van der Waals surface area contributed by atoms with Crippen molar-refractivity contribution in [2.45, 2.75) is 24.2 Å². The van der Waals surface area contributed by atoms with Crippen LogP contribution in [0, 0.1) is 0 Å². The number of aromatic nitrogens is 3. The number of benzene rings is 1. The van der Waals surface area contributed by atoms with E-state index in [0.29, 0.717) is 11.3 Å². The molecule has 112 valence electrons. The highest BCUT2D eigenvalue weighted by Crippen LogP contribution is 2.17. The Morgan fingerprint density at radius 3 is 2.48 bits per heavy atom. The minimum atomic E-state index is -3.14. The molecule has 3 rings (SSSR count). The lowest BCUT2D eigenvalue weighted by Gasteiger charge is -2.10. The fraction of sp³-hybridized carbons (Fsp3) is 0.429. The van der Waals surface area contributed by atoms with Crippen LogP contribution in [0.15, 0.2) is 29.2 Å². The molecular formula is C14H18N4O2S. The maximum Gasteiger partial charge on any atom is 0.244 e. The Balaban J connectivity index is 1.71. The SMILES string of the molecule is CS(=O)(=O)c1ccc(Cc2nc(N3CCCC3)n[nH]2)cc1. The van der Waals surface area contributed by atoms with Gasteiger partial charge in [-0.2, -0.15) is 4.98 Å². The maximum atomic E-state index is 11.4. The van der Waals surface area contributed by atoms with Gasteiger partial charge in [-0.3, -0.25) is 5.10 Å². The topological polar surface area (TPSA) is 79.0 Å². The van der Waals surface area contributed by atoms with Crippen molar-refractivity contribution >= 4 is 15.8 Å². The van der Waals surface area contributed by atoms with Crippen molar-refractivity contribution in [3.63, 3.8) is 0 Å². The number of nitrogens with zero attached hydrogens (tertiary/aromatic N) is 3. The van der Waals surface area contributed by atoms with Gasteiger partial charge in [0.25, 0.3) is 0 Å². The Kier molecular flexibility index (Phi) is 3.67. The van der Waals surface area contributed by atoms with E-state index in [9.17, 15) is 8.42 Å². The molecule has 0 bridgehead atoms. The lowest BCUT2D eigenvalue weighted by molar-refractivity contribution is 0.602. The number of hydrogen-bond donors (Lipinski definition) is 1. The zero-order valence-electron chi connectivity index (χ0n) is 11.9. The van der Waals surface area contributed by atoms with Crippen molar-refractivity contribution in [3.8, 4) is 0 Å². The summed E-state index contributed by atoms with van der Waals surface area (Å²) < 4.78 is 22.8. The molecule has 0 atom stereocenters. The zero-order chi connectivity index (χ0) is 14.9. The molecular weight excluding hydrogens is 288 g/mol. The molecule has 1 aromatic carbocycles. The van der Waals surface area contributed by atoms with Gasteiger partial charge in [0.2, 0.25) is 5.95 Å². The normalized spacial score (nSPS) is 15.6. The van der Waals surface area contributed by atoms with Crippen LogP contribution in [-0.2, 0) is 16.3 Å². The standard InChI is InChI=1S/C14H18N4O2S/c1-21(19,20)12-6-4-11(5-7-12)10-13-15-14(17-16-13)18-8-2-3-9-18/h4-7H,2-3,8-10H2,1H3,(H,15,16,17). The maximum absolute atomic E-state index is 11.4. The van der Waals surface area contributed by atoms with Gasteiger partial charge in [0.05, 0.1) is 4.90 Å². The minimum Gasteiger partial charge on any atom is -0.340 e. The van der Waals surface area contributed by atoms with E-state index in [1.807, 2.05) is 12.1 Å². The fourth-order valence-corrected chi connectivity index (χ4v) is 3.10. The number of sulfone groups is 1. The van der Waals surface area contributed by atoms with Crippen LogP contribution in [0.3, 0.4) is 0 Å². The van der Waals surface area contributed by atoms with Crippen molar-refractivity contribution in [3.05, 3.63) is 35.7 Å². The molecule has 1 N–H and O–H groups in total. The van der Waals surface area contributed by atoms with Crippen LogP contribution in [0.25, 0.3) is 0 Å². The third kappa shape index (κ3) is 3.24. The molecule has 0 saturated carbocycles. The molecule has 6 nitrogen and oxygen atoms in total. The first-order valence-electron chi connectivity index (χ1n) is 6.97. The molecule has 2 heterocycles. The molecule has 0 aliphatic carbocycles. The monoisotopic (exact) mass is 306 g/mol. The Morgan fingerprint density at radius 1 is 1.19 bits per heavy atom. The van der Waals surface area contributed by atoms with E-state index in [2.05, 4.69) is 20.1 Å². The molecule has 0 amide bonds. The number of nitrogens with one attached hydrogen (secondary N) is 1. The molecule has 1 aliphatic rings. The van der Waals surface area contributed by atoms with Gasteiger partial charge in [-0.15, -0.1) is 5.10 Å². The summed E-state index contributed by atoms with van der Waals surface area (Å²) in [6, 6.07) is 6.88. The summed E-state index contributed by atoms with van der Waals surface area (Å²) in [7, 11) is -3.14. The van der Waals surface area contributed by atoms with E-state index < -0.39 is 9.84 Å². The summed E-state index contributed by atoms with van der Waals surface area (Å²) >= 11 is 0. The summed E-state index contributed by atoms with van der Waals surface area (Å²) in [6.45, 7) is 2.03. The summed E-state index contributed by atoms with van der Waals surface area (Å²) in [5, 5.41) is 7.20. The number of H-pyrrole nitrogens is 1. The van der Waals surface area contributed by atoms with Gasteiger partial charge >= 0.3 is 0 Å². The van der Waals surface area contributed by atoms with Crippen LogP contribution >= 0.6 is 0 Å². The number of aromatic amines is 1. The van der Waals surface area contributed by atoms with Gasteiger partial charge in [0.1, 0.15) is 5.82 Å². The average molecular weight is 306 g/mol. The Morgan fingerprint density at radius 2 is 1.86 bits per heavy atom. The summed E-state index contributed by atoms with van der Waals surface area (Å²) in [5.74, 6) is 1.55. The van der Waals surface area contributed by atoms with Crippen LogP contribution in [0.5, 0.6) is 0 Å². The highest BCUT2D eigenvalue weighted by Gasteiger charge is 2.16. The van der Waals surface area contributed by atoms with E-state index >= 15 is 0 Å². The molecule has 2 aromatic rings. The fourth-order valence-electron chi connectivity index (χ4n) is 2.47. The quantitative estimate of drug-likeness (QED) is 0.923. The van der Waals surface area contributed by atoms with Crippen LogP contribution in [-0.4, -0.2) is 42.9 Å². The first-order chi connectivity index (χ1) is 10.0. The number of rotatable bonds is 4.